The number of nitrogens with zero attached hydrogens (tertiary/aromatic N) is 2. The fourth-order valence-corrected chi connectivity index (χ4v) is 7.25. The van der Waals surface area contributed by atoms with Crippen LogP contribution in [0.2, 0.25) is 0 Å². The summed E-state index contributed by atoms with van der Waals surface area (Å²) in [6.07, 6.45) is 1.64. The summed E-state index contributed by atoms with van der Waals surface area (Å²) in [6, 6.07) is 33.5. The molecule has 0 aliphatic carbocycles. The summed E-state index contributed by atoms with van der Waals surface area (Å²) >= 11 is 0. The molecule has 50 heavy (non-hydrogen) atoms. The van der Waals surface area contributed by atoms with E-state index in [1.54, 1.807) is 4.90 Å². The van der Waals surface area contributed by atoms with Crippen molar-refractivity contribution in [2.45, 2.75) is 57.6 Å². The van der Waals surface area contributed by atoms with Gasteiger partial charge >= 0.3 is 0 Å². The van der Waals surface area contributed by atoms with Crippen LogP contribution < -0.4 is 4.31 Å². The molecule has 1 saturated heterocycles. The van der Waals surface area contributed by atoms with Crippen LogP contribution in [-0.4, -0.2) is 61.9 Å². The van der Waals surface area contributed by atoms with Crippen LogP contribution in [0.5, 0.6) is 0 Å². The van der Waals surface area contributed by atoms with Crippen LogP contribution in [0.25, 0.3) is 0 Å². The highest BCUT2D eigenvalue weighted by molar-refractivity contribution is 7.92. The van der Waals surface area contributed by atoms with Gasteiger partial charge in [-0.25, -0.2) is 8.42 Å². The van der Waals surface area contributed by atoms with Crippen molar-refractivity contribution in [3.05, 3.63) is 137 Å². The van der Waals surface area contributed by atoms with Crippen molar-refractivity contribution in [3.63, 3.8) is 0 Å². The summed E-state index contributed by atoms with van der Waals surface area (Å²) in [4.78, 5) is 43.4. The quantitative estimate of drug-likeness (QED) is 0.139. The lowest BCUT2D eigenvalue weighted by molar-refractivity contribution is -0.145. The molecule has 0 bridgehead atoms. The standard InChI is InChI=1S/C41H46N2O6S/c1-29(32-18-11-6-12-19-32)22-38(44)33-24-34(26-36(25-33)42(2)50(3,48)49)39(45)27-35(23-30-14-7-4-8-15-30)40(46)37-20-13-21-43(41(37)47)28-31-16-9-5-10-17-31/h4-12,14-19,24-26,29,35,37,40,46H,13,20-23,27-28H2,1-3H3/t29-,35+,37-,40-/m0/s1. The van der Waals surface area contributed by atoms with Gasteiger partial charge < -0.3 is 10.0 Å². The number of rotatable bonds is 15. The Labute approximate surface area is 295 Å². The van der Waals surface area contributed by atoms with Gasteiger partial charge in [0.2, 0.25) is 15.9 Å². The SMILES string of the molecule is C[C@@H](CC(=O)c1cc(C(=O)C[C@@H](Cc2ccccc2)[C@H](O)[C@@H]2CCCN(Cc3ccccc3)C2=O)cc(N(C)S(C)(=O)=O)c1)c1ccccc1. The molecule has 0 unspecified atom stereocenters. The van der Waals surface area contributed by atoms with Gasteiger partial charge in [-0.1, -0.05) is 97.9 Å². The van der Waals surface area contributed by atoms with Gasteiger partial charge in [0.25, 0.3) is 0 Å². The number of likely N-dealkylation sites (tertiary alicyclic amines) is 1. The summed E-state index contributed by atoms with van der Waals surface area (Å²) in [5, 5.41) is 11.9. The van der Waals surface area contributed by atoms with Gasteiger partial charge in [0.1, 0.15) is 0 Å². The predicted molar refractivity (Wildman–Crippen MR) is 197 cm³/mol. The number of carbonyl (C=O) groups is 3. The maximum Gasteiger partial charge on any atom is 0.231 e. The molecule has 5 rings (SSSR count). The molecule has 1 fully saturated rings. The normalized spacial score (nSPS) is 16.8. The number of benzene rings is 4. The van der Waals surface area contributed by atoms with Crippen LogP contribution in [0, 0.1) is 11.8 Å². The van der Waals surface area contributed by atoms with Crippen molar-refractivity contribution >= 4 is 33.2 Å². The second-order valence-electron chi connectivity index (χ2n) is 13.5. The molecule has 0 saturated carbocycles. The molecule has 0 spiro atoms. The molecule has 4 aromatic carbocycles. The van der Waals surface area contributed by atoms with Gasteiger partial charge in [0.15, 0.2) is 11.6 Å². The van der Waals surface area contributed by atoms with Crippen molar-refractivity contribution in [3.8, 4) is 0 Å². The number of hydrogen-bond donors (Lipinski definition) is 1. The zero-order valence-electron chi connectivity index (χ0n) is 28.9. The monoisotopic (exact) mass is 694 g/mol. The van der Waals surface area contributed by atoms with Gasteiger partial charge in [-0.05, 0) is 66.0 Å². The number of piperidine rings is 1. The zero-order chi connectivity index (χ0) is 35.8. The molecule has 4 aromatic rings. The van der Waals surface area contributed by atoms with Crippen molar-refractivity contribution in [1.82, 2.24) is 4.90 Å². The molecule has 4 atom stereocenters. The van der Waals surface area contributed by atoms with Crippen molar-refractivity contribution < 1.29 is 27.9 Å². The molecule has 0 aromatic heterocycles. The molecule has 9 heteroatoms. The maximum atomic E-state index is 14.2. The first-order valence-electron chi connectivity index (χ1n) is 17.2. The minimum absolute atomic E-state index is 0.0981. The van der Waals surface area contributed by atoms with E-state index in [1.165, 1.54) is 25.2 Å². The fourth-order valence-electron chi connectivity index (χ4n) is 6.76. The Balaban J connectivity index is 1.43. The van der Waals surface area contributed by atoms with Gasteiger partial charge in [-0.3, -0.25) is 18.7 Å². The predicted octanol–water partition coefficient (Wildman–Crippen LogP) is 6.69. The fraction of sp³-hybridized carbons (Fsp3) is 0.341. The second kappa shape index (κ2) is 16.4. The van der Waals surface area contributed by atoms with Crippen molar-refractivity contribution in [2.24, 2.45) is 11.8 Å². The highest BCUT2D eigenvalue weighted by Crippen LogP contribution is 2.32. The van der Waals surface area contributed by atoms with E-state index in [-0.39, 0.29) is 53.0 Å². The van der Waals surface area contributed by atoms with E-state index in [4.69, 9.17) is 0 Å². The molecule has 1 amide bonds. The van der Waals surface area contributed by atoms with E-state index in [2.05, 4.69) is 0 Å². The number of anilines is 1. The van der Waals surface area contributed by atoms with Gasteiger partial charge in [-0.2, -0.15) is 0 Å². The lowest BCUT2D eigenvalue weighted by Gasteiger charge is -2.37. The first kappa shape index (κ1) is 36.7. The number of amides is 1. The Morgan fingerprint density at radius 1 is 0.840 bits per heavy atom. The first-order valence-corrected chi connectivity index (χ1v) is 19.0. The van der Waals surface area contributed by atoms with E-state index in [0.717, 1.165) is 33.7 Å². The lowest BCUT2D eigenvalue weighted by atomic mass is 9.79. The number of aliphatic hydroxyl groups is 1. The lowest BCUT2D eigenvalue weighted by Crippen LogP contribution is -2.47. The van der Waals surface area contributed by atoms with Gasteiger partial charge in [0, 0.05) is 44.1 Å². The summed E-state index contributed by atoms with van der Waals surface area (Å²) in [7, 11) is -2.32. The molecule has 0 radical (unpaired) electrons. The maximum absolute atomic E-state index is 14.2. The second-order valence-corrected chi connectivity index (χ2v) is 15.5. The van der Waals surface area contributed by atoms with E-state index in [1.807, 2.05) is 97.9 Å². The molecule has 8 nitrogen and oxygen atoms in total. The minimum Gasteiger partial charge on any atom is -0.392 e. The molecular weight excluding hydrogens is 649 g/mol. The van der Waals surface area contributed by atoms with Crippen LogP contribution in [0.3, 0.4) is 0 Å². The summed E-state index contributed by atoms with van der Waals surface area (Å²) in [6.45, 7) is 3.00. The third-order valence-electron chi connectivity index (χ3n) is 9.75. The number of Topliss-reactive ketones (excluding diaryl/α,β-unsaturated/α-hetero) is 2. The molecule has 1 aliphatic heterocycles. The van der Waals surface area contributed by atoms with E-state index >= 15 is 0 Å². The van der Waals surface area contributed by atoms with Crippen LogP contribution in [0.15, 0.2) is 109 Å². The number of aliphatic hydroxyl groups excluding tert-OH is 1. The molecule has 262 valence electrons. The topological polar surface area (TPSA) is 112 Å². The number of carbonyl (C=O) groups excluding carboxylic acids is 3. The number of hydrogen-bond acceptors (Lipinski definition) is 6. The highest BCUT2D eigenvalue weighted by Gasteiger charge is 2.38. The Kier molecular flexibility index (Phi) is 12.0. The van der Waals surface area contributed by atoms with Crippen LogP contribution in [-0.2, 0) is 27.8 Å². The van der Waals surface area contributed by atoms with E-state index in [0.29, 0.717) is 25.9 Å². The summed E-state index contributed by atoms with van der Waals surface area (Å²) < 4.78 is 26.2. The average Bonchev–Trinajstić information content (AvgIpc) is 3.12. The summed E-state index contributed by atoms with van der Waals surface area (Å²) in [5.41, 5.74) is 3.55. The average molecular weight is 695 g/mol. The minimum atomic E-state index is -3.70. The molecule has 1 heterocycles. The number of ketones is 2. The largest absolute Gasteiger partial charge is 0.392 e. The molecule has 1 N–H and O–H groups in total. The van der Waals surface area contributed by atoms with Crippen LogP contribution in [0.4, 0.5) is 5.69 Å². The van der Waals surface area contributed by atoms with E-state index < -0.39 is 28.0 Å². The molecule has 1 aliphatic rings. The van der Waals surface area contributed by atoms with Gasteiger partial charge in [0.05, 0.1) is 24.0 Å². The van der Waals surface area contributed by atoms with Crippen LogP contribution in [0.1, 0.15) is 75.9 Å². The third kappa shape index (κ3) is 9.34. The zero-order valence-corrected chi connectivity index (χ0v) is 29.8. The van der Waals surface area contributed by atoms with E-state index in [9.17, 15) is 27.9 Å². The Morgan fingerprint density at radius 3 is 1.96 bits per heavy atom. The van der Waals surface area contributed by atoms with Gasteiger partial charge in [-0.15, -0.1) is 0 Å². The van der Waals surface area contributed by atoms with Crippen molar-refractivity contribution in [1.29, 1.82) is 0 Å². The molecular formula is C41H46N2O6S. The van der Waals surface area contributed by atoms with Crippen molar-refractivity contribution in [2.75, 3.05) is 24.2 Å². The number of sulfonamides is 1. The smallest absolute Gasteiger partial charge is 0.231 e. The Bertz CT molecular complexity index is 1880. The third-order valence-corrected chi connectivity index (χ3v) is 11.0. The first-order chi connectivity index (χ1) is 23.9. The Morgan fingerprint density at radius 2 is 1.38 bits per heavy atom. The Hall–Kier alpha value is -4.60. The van der Waals surface area contributed by atoms with Crippen LogP contribution >= 0.6 is 0 Å². The summed E-state index contributed by atoms with van der Waals surface area (Å²) in [5.74, 6) is -2.07. The highest BCUT2D eigenvalue weighted by atomic mass is 32.2.